The molecule has 0 fully saturated rings. The van der Waals surface area contributed by atoms with Crippen molar-refractivity contribution >= 4 is 15.4 Å². The number of rotatable bonds is 3. The van der Waals surface area contributed by atoms with Gasteiger partial charge in [-0.3, -0.25) is 0 Å². The maximum Gasteiger partial charge on any atom is 0.182 e. The first-order valence-electron chi connectivity index (χ1n) is 6.63. The number of hydrogen-bond donors (Lipinski definition) is 0. The average molecular weight is 284 g/mol. The predicted molar refractivity (Wildman–Crippen MR) is 81.4 cm³/mol. The summed E-state index contributed by atoms with van der Waals surface area (Å²) in [5.41, 5.74) is 4.26. The molecule has 2 nitrogen and oxygen atoms in total. The van der Waals surface area contributed by atoms with Gasteiger partial charge in [0.1, 0.15) is 0 Å². The van der Waals surface area contributed by atoms with Gasteiger partial charge < -0.3 is 0 Å². The number of fused-ring (bicyclic) bond motifs is 1. The molecule has 2 aromatic carbocycles. The van der Waals surface area contributed by atoms with Crippen LogP contribution in [0.2, 0.25) is 0 Å². The monoisotopic (exact) mass is 284 g/mol. The Morgan fingerprint density at radius 3 is 2.45 bits per heavy atom. The number of allylic oxidation sites excluding steroid dienone is 1. The Labute approximate surface area is 119 Å². The topological polar surface area (TPSA) is 34.1 Å². The third-order valence-electron chi connectivity index (χ3n) is 3.66. The molecule has 102 valence electrons. The summed E-state index contributed by atoms with van der Waals surface area (Å²) in [7, 11) is -3.27. The molecule has 0 bridgehead atoms. The number of benzene rings is 2. The molecule has 0 aliphatic heterocycles. The van der Waals surface area contributed by atoms with Gasteiger partial charge in [0.25, 0.3) is 0 Å². The SMILES string of the molecule is Cc1ccc(S(=O)(=O)CC2=CCc3ccccc32)cc1. The first kappa shape index (κ1) is 13.1. The number of sulfone groups is 1. The van der Waals surface area contributed by atoms with E-state index in [0.29, 0.717) is 4.90 Å². The van der Waals surface area contributed by atoms with Crippen molar-refractivity contribution in [3.8, 4) is 0 Å². The Morgan fingerprint density at radius 2 is 1.70 bits per heavy atom. The van der Waals surface area contributed by atoms with Crippen molar-refractivity contribution in [1.82, 2.24) is 0 Å². The van der Waals surface area contributed by atoms with Crippen LogP contribution in [-0.2, 0) is 16.3 Å². The Hall–Kier alpha value is -1.87. The molecule has 0 amide bonds. The van der Waals surface area contributed by atoms with Gasteiger partial charge in [0.2, 0.25) is 0 Å². The van der Waals surface area contributed by atoms with Crippen molar-refractivity contribution in [2.24, 2.45) is 0 Å². The number of aryl methyl sites for hydroxylation is 1. The maximum atomic E-state index is 12.5. The smallest absolute Gasteiger partial charge is 0.182 e. The molecule has 0 unspecified atom stereocenters. The Balaban J connectivity index is 1.90. The minimum Gasteiger partial charge on any atom is -0.223 e. The van der Waals surface area contributed by atoms with E-state index in [1.54, 1.807) is 12.1 Å². The first-order valence-corrected chi connectivity index (χ1v) is 8.28. The Bertz CT molecular complexity index is 769. The third kappa shape index (κ3) is 2.41. The minimum atomic E-state index is -3.27. The molecule has 0 saturated heterocycles. The lowest BCUT2D eigenvalue weighted by Crippen LogP contribution is -2.08. The average Bonchev–Trinajstić information content (AvgIpc) is 2.82. The van der Waals surface area contributed by atoms with Gasteiger partial charge in [0.05, 0.1) is 10.6 Å². The molecule has 0 heterocycles. The molecule has 0 spiro atoms. The van der Waals surface area contributed by atoms with Gasteiger partial charge in [-0.1, -0.05) is 48.0 Å². The molecule has 0 atom stereocenters. The standard InChI is InChI=1S/C17H16O2S/c1-13-6-10-16(11-7-13)20(18,19)12-15-9-8-14-4-2-3-5-17(14)15/h2-7,9-11H,8,12H2,1H3. The van der Waals surface area contributed by atoms with E-state index < -0.39 is 9.84 Å². The summed E-state index contributed by atoms with van der Waals surface area (Å²) < 4.78 is 24.9. The third-order valence-corrected chi connectivity index (χ3v) is 5.34. The molecule has 20 heavy (non-hydrogen) atoms. The first-order chi connectivity index (χ1) is 9.56. The van der Waals surface area contributed by atoms with Gasteiger partial charge in [0.15, 0.2) is 9.84 Å². The Kier molecular flexibility index (Phi) is 3.22. The normalized spacial score (nSPS) is 13.9. The fourth-order valence-electron chi connectivity index (χ4n) is 2.53. The van der Waals surface area contributed by atoms with E-state index in [-0.39, 0.29) is 5.75 Å². The summed E-state index contributed by atoms with van der Waals surface area (Å²) in [5.74, 6) is 0.0765. The van der Waals surface area contributed by atoms with Crippen molar-refractivity contribution in [2.45, 2.75) is 18.2 Å². The highest BCUT2D eigenvalue weighted by Crippen LogP contribution is 2.29. The second kappa shape index (κ2) is 4.91. The summed E-state index contributed by atoms with van der Waals surface area (Å²) in [5, 5.41) is 0. The van der Waals surface area contributed by atoms with Crippen LogP contribution < -0.4 is 0 Å². The van der Waals surface area contributed by atoms with Gasteiger partial charge in [-0.15, -0.1) is 0 Å². The molecular weight excluding hydrogens is 268 g/mol. The van der Waals surface area contributed by atoms with Crippen molar-refractivity contribution in [1.29, 1.82) is 0 Å². The van der Waals surface area contributed by atoms with Crippen LogP contribution in [0.15, 0.2) is 59.5 Å². The second-order valence-corrected chi connectivity index (χ2v) is 7.15. The van der Waals surface area contributed by atoms with Crippen LogP contribution in [0.3, 0.4) is 0 Å². The van der Waals surface area contributed by atoms with E-state index in [2.05, 4.69) is 6.07 Å². The lowest BCUT2D eigenvalue weighted by Gasteiger charge is -2.08. The van der Waals surface area contributed by atoms with Gasteiger partial charge in [-0.05, 0) is 42.2 Å². The molecule has 3 heteroatoms. The molecule has 3 rings (SSSR count). The summed E-state index contributed by atoms with van der Waals surface area (Å²) in [6.45, 7) is 1.95. The van der Waals surface area contributed by atoms with Gasteiger partial charge in [-0.25, -0.2) is 8.42 Å². The fourth-order valence-corrected chi connectivity index (χ4v) is 3.93. The van der Waals surface area contributed by atoms with E-state index in [1.165, 1.54) is 5.56 Å². The maximum absolute atomic E-state index is 12.5. The van der Waals surface area contributed by atoms with Crippen LogP contribution in [0.5, 0.6) is 0 Å². The molecule has 0 N–H and O–H groups in total. The minimum absolute atomic E-state index is 0.0765. The van der Waals surface area contributed by atoms with Crippen LogP contribution in [0.1, 0.15) is 16.7 Å². The van der Waals surface area contributed by atoms with Gasteiger partial charge in [-0.2, -0.15) is 0 Å². The summed E-state index contributed by atoms with van der Waals surface area (Å²) in [6.07, 6.45) is 2.85. The van der Waals surface area contributed by atoms with E-state index in [0.717, 1.165) is 23.1 Å². The Morgan fingerprint density at radius 1 is 1.00 bits per heavy atom. The summed E-state index contributed by atoms with van der Waals surface area (Å²) in [6, 6.07) is 15.0. The van der Waals surface area contributed by atoms with Gasteiger partial charge >= 0.3 is 0 Å². The fraction of sp³-hybridized carbons (Fsp3) is 0.176. The van der Waals surface area contributed by atoms with Crippen molar-refractivity contribution in [3.05, 3.63) is 71.3 Å². The van der Waals surface area contributed by atoms with Crippen molar-refractivity contribution in [2.75, 3.05) is 5.75 Å². The summed E-state index contributed by atoms with van der Waals surface area (Å²) >= 11 is 0. The van der Waals surface area contributed by atoms with Crippen LogP contribution in [0.25, 0.3) is 5.57 Å². The van der Waals surface area contributed by atoms with E-state index >= 15 is 0 Å². The van der Waals surface area contributed by atoms with Crippen LogP contribution in [-0.4, -0.2) is 14.2 Å². The van der Waals surface area contributed by atoms with Crippen LogP contribution in [0, 0.1) is 6.92 Å². The molecule has 1 aliphatic rings. The van der Waals surface area contributed by atoms with Crippen LogP contribution in [0.4, 0.5) is 0 Å². The van der Waals surface area contributed by atoms with E-state index in [4.69, 9.17) is 0 Å². The highest BCUT2D eigenvalue weighted by Gasteiger charge is 2.21. The van der Waals surface area contributed by atoms with Crippen molar-refractivity contribution in [3.63, 3.8) is 0 Å². The lowest BCUT2D eigenvalue weighted by molar-refractivity contribution is 0.599. The molecular formula is C17H16O2S. The quantitative estimate of drug-likeness (QED) is 0.865. The molecule has 2 aromatic rings. The number of hydrogen-bond acceptors (Lipinski definition) is 2. The zero-order valence-electron chi connectivity index (χ0n) is 11.3. The lowest BCUT2D eigenvalue weighted by atomic mass is 10.1. The van der Waals surface area contributed by atoms with Crippen molar-refractivity contribution < 1.29 is 8.42 Å². The zero-order valence-corrected chi connectivity index (χ0v) is 12.2. The molecule has 1 aliphatic carbocycles. The molecule has 0 saturated carbocycles. The highest BCUT2D eigenvalue weighted by atomic mass is 32.2. The summed E-state index contributed by atoms with van der Waals surface area (Å²) in [4.78, 5) is 0.397. The molecule has 0 aromatic heterocycles. The second-order valence-electron chi connectivity index (χ2n) is 5.16. The van der Waals surface area contributed by atoms with E-state index in [9.17, 15) is 8.42 Å². The van der Waals surface area contributed by atoms with E-state index in [1.807, 2.05) is 43.3 Å². The van der Waals surface area contributed by atoms with Crippen LogP contribution >= 0.6 is 0 Å². The largest absolute Gasteiger partial charge is 0.223 e. The zero-order chi connectivity index (χ0) is 14.2. The predicted octanol–water partition coefficient (Wildman–Crippen LogP) is 3.41. The van der Waals surface area contributed by atoms with Gasteiger partial charge in [0, 0.05) is 0 Å². The molecule has 0 radical (unpaired) electrons. The highest BCUT2D eigenvalue weighted by molar-refractivity contribution is 7.91.